The first kappa shape index (κ1) is 30.7. The monoisotopic (exact) mass is 624 g/mol. The Labute approximate surface area is 261 Å². The number of amides is 3. The van der Waals surface area contributed by atoms with Crippen molar-refractivity contribution >= 4 is 41.0 Å². The summed E-state index contributed by atoms with van der Waals surface area (Å²) in [6, 6.07) is 19.3. The van der Waals surface area contributed by atoms with E-state index in [4.69, 9.17) is 42.4 Å². The van der Waals surface area contributed by atoms with Crippen LogP contribution >= 0.6 is 23.2 Å². The first-order valence-corrected chi connectivity index (χ1v) is 14.8. The number of urea groups is 1. The molecule has 11 heteroatoms. The number of carbonyl (C=O) groups is 2. The van der Waals surface area contributed by atoms with Crippen molar-refractivity contribution in [2.24, 2.45) is 4.99 Å². The van der Waals surface area contributed by atoms with Gasteiger partial charge in [-0.2, -0.15) is 0 Å². The number of aliphatic imine (C=N–C) groups is 1. The molecule has 0 aromatic heterocycles. The highest BCUT2D eigenvalue weighted by Gasteiger charge is 2.45. The van der Waals surface area contributed by atoms with Crippen LogP contribution in [-0.4, -0.2) is 86.1 Å². The Morgan fingerprint density at radius 2 is 1.44 bits per heavy atom. The number of ether oxygens (including phenoxy) is 3. The molecule has 0 bridgehead atoms. The van der Waals surface area contributed by atoms with E-state index in [9.17, 15) is 9.59 Å². The number of halogens is 2. The number of benzene rings is 3. The van der Waals surface area contributed by atoms with Gasteiger partial charge in [-0.05, 0) is 47.5 Å². The van der Waals surface area contributed by atoms with Gasteiger partial charge in [0.05, 0.1) is 25.3 Å². The molecule has 2 aliphatic heterocycles. The van der Waals surface area contributed by atoms with Gasteiger partial charge in [-0.3, -0.25) is 14.7 Å². The largest absolute Gasteiger partial charge is 0.497 e. The molecule has 3 amide bonds. The molecule has 43 heavy (non-hydrogen) atoms. The molecule has 0 radical (unpaired) electrons. The minimum Gasteiger partial charge on any atom is -0.497 e. The molecule has 1 saturated heterocycles. The van der Waals surface area contributed by atoms with Crippen molar-refractivity contribution in [2.45, 2.75) is 19.0 Å². The SMILES string of the molecule is COCCOc1cc(OC)ccc1C1=NC(c2ccc(Cl)cc2)C(c2ccc(Cl)cc2)N1C(=O)N1CCN(C(C)=O)CC1. The second-order valence-electron chi connectivity index (χ2n) is 10.3. The van der Waals surface area contributed by atoms with Gasteiger partial charge in [0.2, 0.25) is 5.91 Å². The molecule has 3 aromatic carbocycles. The molecular weight excluding hydrogens is 591 g/mol. The van der Waals surface area contributed by atoms with Gasteiger partial charge in [0.25, 0.3) is 0 Å². The topological polar surface area (TPSA) is 83.9 Å². The molecule has 3 aromatic rings. The lowest BCUT2D eigenvalue weighted by atomic mass is 9.93. The minimum absolute atomic E-state index is 0.00607. The lowest BCUT2D eigenvalue weighted by Crippen LogP contribution is -2.54. The van der Waals surface area contributed by atoms with Gasteiger partial charge >= 0.3 is 6.03 Å². The van der Waals surface area contributed by atoms with Gasteiger partial charge in [-0.15, -0.1) is 0 Å². The van der Waals surface area contributed by atoms with E-state index in [1.165, 1.54) is 0 Å². The average Bonchev–Trinajstić information content (AvgIpc) is 3.41. The van der Waals surface area contributed by atoms with Crippen molar-refractivity contribution in [3.05, 3.63) is 93.5 Å². The van der Waals surface area contributed by atoms with Crippen LogP contribution in [0.3, 0.4) is 0 Å². The van der Waals surface area contributed by atoms with E-state index in [1.54, 1.807) is 41.9 Å². The number of amidine groups is 1. The second kappa shape index (κ2) is 13.7. The molecule has 9 nitrogen and oxygen atoms in total. The number of hydrogen-bond acceptors (Lipinski definition) is 6. The molecule has 1 fully saturated rings. The zero-order chi connectivity index (χ0) is 30.5. The number of rotatable bonds is 8. The van der Waals surface area contributed by atoms with Crippen molar-refractivity contribution in [1.29, 1.82) is 0 Å². The lowest BCUT2D eigenvalue weighted by molar-refractivity contribution is -0.130. The maximum absolute atomic E-state index is 14.6. The van der Waals surface area contributed by atoms with E-state index < -0.39 is 12.1 Å². The molecule has 2 atom stereocenters. The fraction of sp³-hybridized carbons (Fsp3) is 0.344. The molecule has 0 aliphatic carbocycles. The Morgan fingerprint density at radius 3 is 2.02 bits per heavy atom. The summed E-state index contributed by atoms with van der Waals surface area (Å²) in [6.07, 6.45) is 0. The predicted molar refractivity (Wildman–Crippen MR) is 166 cm³/mol. The number of carbonyl (C=O) groups excluding carboxylic acids is 2. The summed E-state index contributed by atoms with van der Waals surface area (Å²) in [4.78, 5) is 37.1. The Hall–Kier alpha value is -3.79. The fourth-order valence-corrected chi connectivity index (χ4v) is 5.64. The van der Waals surface area contributed by atoms with Gasteiger partial charge < -0.3 is 24.0 Å². The Bertz CT molecular complexity index is 1470. The molecule has 5 rings (SSSR count). The minimum atomic E-state index is -0.499. The summed E-state index contributed by atoms with van der Waals surface area (Å²) in [5.74, 6) is 1.58. The van der Waals surface area contributed by atoms with Crippen molar-refractivity contribution < 1.29 is 23.8 Å². The summed E-state index contributed by atoms with van der Waals surface area (Å²) in [7, 11) is 3.20. The van der Waals surface area contributed by atoms with Crippen molar-refractivity contribution in [2.75, 3.05) is 53.6 Å². The molecule has 2 heterocycles. The smallest absolute Gasteiger partial charge is 0.326 e. The van der Waals surface area contributed by atoms with Crippen LogP contribution in [0.15, 0.2) is 71.7 Å². The standard InChI is InChI=1S/C32H34Cl2N4O5/c1-21(39)36-14-16-37(17-15-36)32(40)38-30(23-6-10-25(34)11-7-23)29(22-4-8-24(33)9-5-22)35-31(38)27-13-12-26(42-3)20-28(27)43-19-18-41-2/h4-13,20,29-30H,14-19H2,1-3H3. The fourth-order valence-electron chi connectivity index (χ4n) is 5.39. The maximum Gasteiger partial charge on any atom is 0.326 e. The molecule has 226 valence electrons. The first-order chi connectivity index (χ1) is 20.8. The van der Waals surface area contributed by atoms with Crippen molar-refractivity contribution in [3.63, 3.8) is 0 Å². The van der Waals surface area contributed by atoms with Crippen LogP contribution in [0.5, 0.6) is 11.5 Å². The summed E-state index contributed by atoms with van der Waals surface area (Å²) >= 11 is 12.5. The van der Waals surface area contributed by atoms with E-state index in [1.807, 2.05) is 60.7 Å². The van der Waals surface area contributed by atoms with Crippen LogP contribution in [0.1, 0.15) is 35.7 Å². The molecular formula is C32H34Cl2N4O5. The van der Waals surface area contributed by atoms with E-state index in [0.29, 0.717) is 72.3 Å². The Balaban J connectivity index is 1.64. The lowest BCUT2D eigenvalue weighted by Gasteiger charge is -2.39. The van der Waals surface area contributed by atoms with Crippen LogP contribution < -0.4 is 9.47 Å². The van der Waals surface area contributed by atoms with Crippen LogP contribution in [0.2, 0.25) is 10.0 Å². The van der Waals surface area contributed by atoms with Crippen LogP contribution in [-0.2, 0) is 9.53 Å². The molecule has 0 N–H and O–H groups in total. The van der Waals surface area contributed by atoms with Gasteiger partial charge in [0.15, 0.2) is 0 Å². The second-order valence-corrected chi connectivity index (χ2v) is 11.2. The van der Waals surface area contributed by atoms with E-state index >= 15 is 0 Å². The third-order valence-electron chi connectivity index (χ3n) is 7.67. The number of nitrogens with zero attached hydrogens (tertiary/aromatic N) is 4. The third kappa shape index (κ3) is 6.74. The Morgan fingerprint density at radius 1 is 0.837 bits per heavy atom. The summed E-state index contributed by atoms with van der Waals surface area (Å²) in [6.45, 7) is 3.95. The highest BCUT2D eigenvalue weighted by Crippen LogP contribution is 2.45. The summed E-state index contributed by atoms with van der Waals surface area (Å²) in [5.41, 5.74) is 2.41. The number of methoxy groups -OCH3 is 2. The summed E-state index contributed by atoms with van der Waals surface area (Å²) < 4.78 is 16.8. The zero-order valence-corrected chi connectivity index (χ0v) is 25.8. The van der Waals surface area contributed by atoms with E-state index in [0.717, 1.165) is 11.1 Å². The third-order valence-corrected chi connectivity index (χ3v) is 8.17. The molecule has 2 aliphatic rings. The van der Waals surface area contributed by atoms with Crippen LogP contribution in [0, 0.1) is 0 Å². The number of piperazine rings is 1. The predicted octanol–water partition coefficient (Wildman–Crippen LogP) is 5.86. The van der Waals surface area contributed by atoms with Crippen molar-refractivity contribution in [3.8, 4) is 11.5 Å². The normalized spacial score (nSPS) is 18.4. The van der Waals surface area contributed by atoms with Crippen LogP contribution in [0.4, 0.5) is 4.79 Å². The van der Waals surface area contributed by atoms with Gasteiger partial charge in [0, 0.05) is 56.3 Å². The molecule has 0 spiro atoms. The van der Waals surface area contributed by atoms with E-state index in [-0.39, 0.29) is 11.9 Å². The zero-order valence-electron chi connectivity index (χ0n) is 24.3. The highest BCUT2D eigenvalue weighted by molar-refractivity contribution is 6.30. The molecule has 2 unspecified atom stereocenters. The van der Waals surface area contributed by atoms with Gasteiger partial charge in [-0.1, -0.05) is 47.5 Å². The average molecular weight is 626 g/mol. The summed E-state index contributed by atoms with van der Waals surface area (Å²) in [5, 5.41) is 1.20. The maximum atomic E-state index is 14.6. The number of hydrogen-bond donors (Lipinski definition) is 0. The molecule has 0 saturated carbocycles. The van der Waals surface area contributed by atoms with E-state index in [2.05, 4.69) is 0 Å². The van der Waals surface area contributed by atoms with Gasteiger partial charge in [-0.25, -0.2) is 4.79 Å². The van der Waals surface area contributed by atoms with Crippen molar-refractivity contribution in [1.82, 2.24) is 14.7 Å². The quantitative estimate of drug-likeness (QED) is 0.293. The highest BCUT2D eigenvalue weighted by atomic mass is 35.5. The van der Waals surface area contributed by atoms with Crippen LogP contribution in [0.25, 0.3) is 0 Å². The first-order valence-electron chi connectivity index (χ1n) is 14.0. The van der Waals surface area contributed by atoms with Gasteiger partial charge in [0.1, 0.15) is 30.0 Å². The Kier molecular flexibility index (Phi) is 9.75.